The van der Waals surface area contributed by atoms with Gasteiger partial charge in [-0.1, -0.05) is 36.4 Å². The summed E-state index contributed by atoms with van der Waals surface area (Å²) in [5, 5.41) is 6.44. The summed E-state index contributed by atoms with van der Waals surface area (Å²) in [6.45, 7) is 2.47. The first kappa shape index (κ1) is 20.7. The summed E-state index contributed by atoms with van der Waals surface area (Å²) in [6, 6.07) is 21.4. The molecule has 1 amide bonds. The Morgan fingerprint density at radius 2 is 1.84 bits per heavy atom. The highest BCUT2D eigenvalue weighted by Gasteiger charge is 2.22. The first-order valence-electron chi connectivity index (χ1n) is 10.2. The zero-order chi connectivity index (χ0) is 21.6. The summed E-state index contributed by atoms with van der Waals surface area (Å²) < 4.78 is 10.5. The predicted octanol–water partition coefficient (Wildman–Crippen LogP) is 3.50. The van der Waals surface area contributed by atoms with Crippen molar-refractivity contribution in [3.63, 3.8) is 0 Å². The molecule has 31 heavy (non-hydrogen) atoms. The molecule has 0 spiro atoms. The second-order valence-corrected chi connectivity index (χ2v) is 7.27. The van der Waals surface area contributed by atoms with Crippen molar-refractivity contribution in [2.75, 3.05) is 44.1 Å². The molecule has 2 aromatic carbocycles. The van der Waals surface area contributed by atoms with E-state index in [4.69, 9.17) is 9.47 Å². The van der Waals surface area contributed by atoms with Crippen LogP contribution in [0.25, 0.3) is 0 Å². The lowest BCUT2D eigenvalue weighted by molar-refractivity contribution is 0.102. The summed E-state index contributed by atoms with van der Waals surface area (Å²) in [4.78, 5) is 19.6. The van der Waals surface area contributed by atoms with Crippen LogP contribution in [0.5, 0.6) is 11.5 Å². The topological polar surface area (TPSA) is 75.7 Å². The number of ether oxygens (including phenoxy) is 2. The van der Waals surface area contributed by atoms with Gasteiger partial charge in [0.2, 0.25) is 0 Å². The van der Waals surface area contributed by atoms with Crippen LogP contribution in [0.1, 0.15) is 22.1 Å². The van der Waals surface area contributed by atoms with Crippen LogP contribution in [0, 0.1) is 0 Å². The van der Waals surface area contributed by atoms with Crippen LogP contribution >= 0.6 is 0 Å². The molecule has 2 heterocycles. The molecule has 7 nitrogen and oxygen atoms in total. The van der Waals surface area contributed by atoms with E-state index in [2.05, 4.69) is 32.7 Å². The van der Waals surface area contributed by atoms with Crippen molar-refractivity contribution in [1.82, 2.24) is 10.3 Å². The van der Waals surface area contributed by atoms with Crippen molar-refractivity contribution in [2.24, 2.45) is 0 Å². The van der Waals surface area contributed by atoms with Gasteiger partial charge in [0, 0.05) is 37.4 Å². The highest BCUT2D eigenvalue weighted by molar-refractivity contribution is 6.03. The quantitative estimate of drug-likeness (QED) is 0.638. The summed E-state index contributed by atoms with van der Waals surface area (Å²) in [5.41, 5.74) is 2.22. The number of pyridine rings is 1. The van der Waals surface area contributed by atoms with Gasteiger partial charge >= 0.3 is 0 Å². The van der Waals surface area contributed by atoms with Gasteiger partial charge in [0.15, 0.2) is 11.5 Å². The van der Waals surface area contributed by atoms with Gasteiger partial charge in [0.1, 0.15) is 11.5 Å². The largest absolute Gasteiger partial charge is 0.493 e. The molecule has 3 aromatic rings. The SMILES string of the molecule is COc1ccc(NC(=O)c2cccc(N3CCN[C@H](c4ccccc4)C3)n2)cc1OC. The molecule has 0 aliphatic carbocycles. The first-order chi connectivity index (χ1) is 15.2. The van der Waals surface area contributed by atoms with Gasteiger partial charge < -0.3 is 25.0 Å². The van der Waals surface area contributed by atoms with Gasteiger partial charge in [-0.25, -0.2) is 4.98 Å². The lowest BCUT2D eigenvalue weighted by atomic mass is 10.0. The molecule has 1 aliphatic heterocycles. The van der Waals surface area contributed by atoms with Crippen molar-refractivity contribution in [3.05, 3.63) is 78.0 Å². The number of nitrogens with one attached hydrogen (secondary N) is 2. The maximum Gasteiger partial charge on any atom is 0.274 e. The Hall–Kier alpha value is -3.58. The molecule has 1 fully saturated rings. The normalized spacial score (nSPS) is 15.9. The highest BCUT2D eigenvalue weighted by atomic mass is 16.5. The third-order valence-corrected chi connectivity index (χ3v) is 5.31. The lowest BCUT2D eigenvalue weighted by Gasteiger charge is -2.34. The van der Waals surface area contributed by atoms with Crippen LogP contribution in [0.2, 0.25) is 0 Å². The van der Waals surface area contributed by atoms with E-state index in [0.29, 0.717) is 22.9 Å². The standard InChI is InChI=1S/C24H26N4O3/c1-30-21-12-11-18(15-22(21)31-2)26-24(29)19-9-6-10-23(27-19)28-14-13-25-20(16-28)17-7-4-3-5-8-17/h3-12,15,20,25H,13-14,16H2,1-2H3,(H,26,29)/t20-/m0/s1. The third kappa shape index (κ3) is 4.78. The maximum absolute atomic E-state index is 12.8. The summed E-state index contributed by atoms with van der Waals surface area (Å²) in [5.74, 6) is 1.67. The van der Waals surface area contributed by atoms with Crippen molar-refractivity contribution < 1.29 is 14.3 Å². The number of nitrogens with zero attached hydrogens (tertiary/aromatic N) is 2. The number of anilines is 2. The monoisotopic (exact) mass is 418 g/mol. The second kappa shape index (κ2) is 9.49. The number of benzene rings is 2. The van der Waals surface area contributed by atoms with Crippen molar-refractivity contribution in [3.8, 4) is 11.5 Å². The van der Waals surface area contributed by atoms with Crippen molar-refractivity contribution >= 4 is 17.4 Å². The van der Waals surface area contributed by atoms with Gasteiger partial charge in [0.25, 0.3) is 5.91 Å². The molecular formula is C24H26N4O3. The van der Waals surface area contributed by atoms with Gasteiger partial charge in [0.05, 0.1) is 14.2 Å². The average molecular weight is 418 g/mol. The molecule has 7 heteroatoms. The average Bonchev–Trinajstić information content (AvgIpc) is 2.84. The van der Waals surface area contributed by atoms with E-state index >= 15 is 0 Å². The summed E-state index contributed by atoms with van der Waals surface area (Å²) in [7, 11) is 3.13. The minimum atomic E-state index is -0.274. The Kier molecular flexibility index (Phi) is 6.33. The molecule has 1 aliphatic rings. The van der Waals surface area contributed by atoms with Gasteiger partial charge in [-0.2, -0.15) is 0 Å². The number of amides is 1. The van der Waals surface area contributed by atoms with E-state index in [1.807, 2.05) is 30.3 Å². The van der Waals surface area contributed by atoms with Gasteiger partial charge in [-0.05, 0) is 29.8 Å². The Bertz CT molecular complexity index is 1040. The maximum atomic E-state index is 12.8. The molecule has 0 radical (unpaired) electrons. The fourth-order valence-electron chi connectivity index (χ4n) is 3.70. The van der Waals surface area contributed by atoms with Crippen LogP contribution in [-0.2, 0) is 0 Å². The number of piperazine rings is 1. The molecule has 1 saturated heterocycles. The number of carbonyl (C=O) groups is 1. The fourth-order valence-corrected chi connectivity index (χ4v) is 3.70. The summed E-state index contributed by atoms with van der Waals surface area (Å²) in [6.07, 6.45) is 0. The van der Waals surface area contributed by atoms with Crippen LogP contribution in [0.4, 0.5) is 11.5 Å². The Morgan fingerprint density at radius 1 is 1.03 bits per heavy atom. The zero-order valence-corrected chi connectivity index (χ0v) is 17.7. The lowest BCUT2D eigenvalue weighted by Crippen LogP contribution is -2.46. The third-order valence-electron chi connectivity index (χ3n) is 5.31. The molecule has 160 valence electrons. The van der Waals surface area contributed by atoms with Crippen LogP contribution in [-0.4, -0.2) is 44.7 Å². The van der Waals surface area contributed by atoms with E-state index < -0.39 is 0 Å². The van der Waals surface area contributed by atoms with Crippen molar-refractivity contribution in [2.45, 2.75) is 6.04 Å². The number of hydrogen-bond donors (Lipinski definition) is 2. The number of methoxy groups -OCH3 is 2. The summed E-state index contributed by atoms with van der Waals surface area (Å²) >= 11 is 0. The van der Waals surface area contributed by atoms with Crippen molar-refractivity contribution in [1.29, 1.82) is 0 Å². The van der Waals surface area contributed by atoms with E-state index in [1.54, 1.807) is 38.5 Å². The predicted molar refractivity (Wildman–Crippen MR) is 121 cm³/mol. The molecule has 0 unspecified atom stereocenters. The smallest absolute Gasteiger partial charge is 0.274 e. The number of carbonyl (C=O) groups excluding carboxylic acids is 1. The Morgan fingerprint density at radius 3 is 2.61 bits per heavy atom. The highest BCUT2D eigenvalue weighted by Crippen LogP contribution is 2.30. The fraction of sp³-hybridized carbons (Fsp3) is 0.250. The number of rotatable bonds is 6. The second-order valence-electron chi connectivity index (χ2n) is 7.27. The molecule has 1 atom stereocenters. The van der Waals surface area contributed by atoms with Crippen LogP contribution in [0.3, 0.4) is 0 Å². The molecule has 2 N–H and O–H groups in total. The molecular weight excluding hydrogens is 392 g/mol. The molecule has 0 saturated carbocycles. The van der Waals surface area contributed by atoms with Crippen LogP contribution in [0.15, 0.2) is 66.7 Å². The van der Waals surface area contributed by atoms with E-state index in [9.17, 15) is 4.79 Å². The molecule has 4 rings (SSSR count). The van der Waals surface area contributed by atoms with Gasteiger partial charge in [-0.3, -0.25) is 4.79 Å². The van der Waals surface area contributed by atoms with Gasteiger partial charge in [-0.15, -0.1) is 0 Å². The number of hydrogen-bond acceptors (Lipinski definition) is 6. The first-order valence-corrected chi connectivity index (χ1v) is 10.2. The van der Waals surface area contributed by atoms with E-state index in [1.165, 1.54) is 5.56 Å². The number of aromatic nitrogens is 1. The zero-order valence-electron chi connectivity index (χ0n) is 17.7. The minimum Gasteiger partial charge on any atom is -0.493 e. The Balaban J connectivity index is 1.48. The minimum absolute atomic E-state index is 0.223. The van der Waals surface area contributed by atoms with E-state index in [0.717, 1.165) is 25.5 Å². The molecule has 0 bridgehead atoms. The molecule has 1 aromatic heterocycles. The van der Waals surface area contributed by atoms with Crippen LogP contribution < -0.4 is 25.0 Å². The van der Waals surface area contributed by atoms with E-state index in [-0.39, 0.29) is 11.9 Å². The Labute approximate surface area is 182 Å².